The number of benzene rings is 1. The Balaban J connectivity index is 2.32. The van der Waals surface area contributed by atoms with E-state index in [1.807, 2.05) is 58.0 Å². The molecule has 0 radical (unpaired) electrons. The van der Waals surface area contributed by atoms with E-state index in [4.69, 9.17) is 5.73 Å². The fraction of sp³-hybridized carbons (Fsp3) is 0.500. The summed E-state index contributed by atoms with van der Waals surface area (Å²) in [6.45, 7) is 11.4. The Hall–Kier alpha value is -3.00. The zero-order valence-electron chi connectivity index (χ0n) is 19.6. The van der Waals surface area contributed by atoms with Crippen LogP contribution in [-0.4, -0.2) is 60.1 Å². The topological polar surface area (TPSA) is 117 Å². The molecule has 8 nitrogen and oxygen atoms in total. The minimum Gasteiger partial charge on any atom is -0.384 e. The van der Waals surface area contributed by atoms with Crippen molar-refractivity contribution in [3.63, 3.8) is 0 Å². The molecule has 3 atom stereocenters. The maximum absolute atomic E-state index is 13.5. The van der Waals surface area contributed by atoms with E-state index < -0.39 is 29.3 Å². The summed E-state index contributed by atoms with van der Waals surface area (Å²) in [5.74, 6) is -1.22. The minimum absolute atomic E-state index is 0.151. The van der Waals surface area contributed by atoms with Crippen molar-refractivity contribution in [1.82, 2.24) is 15.5 Å². The van der Waals surface area contributed by atoms with Crippen molar-refractivity contribution in [2.75, 3.05) is 13.6 Å². The van der Waals surface area contributed by atoms with E-state index >= 15 is 0 Å². The number of nitrogens with two attached hydrogens (primary N) is 1. The lowest BCUT2D eigenvalue weighted by atomic mass is 9.85. The Morgan fingerprint density at radius 1 is 1.25 bits per heavy atom. The van der Waals surface area contributed by atoms with E-state index in [9.17, 15) is 14.4 Å². The van der Waals surface area contributed by atoms with E-state index in [0.29, 0.717) is 18.6 Å². The average molecular weight is 442 g/mol. The lowest BCUT2D eigenvalue weighted by Gasteiger charge is -2.35. The molecule has 1 heterocycles. The number of likely N-dealkylation sites (N-methyl/N-ethyl adjacent to an activating group) is 1. The number of likely N-dealkylation sites (tertiary alicyclic amines) is 1. The molecule has 1 fully saturated rings. The third-order valence-corrected chi connectivity index (χ3v) is 5.55. The van der Waals surface area contributed by atoms with Crippen molar-refractivity contribution in [3.8, 4) is 0 Å². The van der Waals surface area contributed by atoms with Crippen LogP contribution in [0.2, 0.25) is 0 Å². The second-order valence-electron chi connectivity index (χ2n) is 9.12. The fourth-order valence-corrected chi connectivity index (χ4v) is 3.68. The molecule has 0 saturated carbocycles. The van der Waals surface area contributed by atoms with Crippen LogP contribution < -0.4 is 16.4 Å². The molecule has 174 valence electrons. The van der Waals surface area contributed by atoms with Gasteiger partial charge in [0.1, 0.15) is 12.1 Å². The Labute approximate surface area is 190 Å². The molecule has 1 unspecified atom stereocenters. The van der Waals surface area contributed by atoms with E-state index in [1.165, 1.54) is 4.90 Å². The minimum atomic E-state index is -0.857. The molecule has 0 aromatic heterocycles. The number of nitrogens with zero attached hydrogens (tertiary/aromatic N) is 2. The van der Waals surface area contributed by atoms with Gasteiger partial charge < -0.3 is 21.3 Å². The number of aliphatic imine (C=N–C) groups is 1. The number of hydrogen-bond acceptors (Lipinski definition) is 5. The van der Waals surface area contributed by atoms with Crippen molar-refractivity contribution >= 4 is 23.4 Å². The quantitative estimate of drug-likeness (QED) is 0.439. The molecule has 32 heavy (non-hydrogen) atoms. The molecule has 1 aromatic carbocycles. The third kappa shape index (κ3) is 6.03. The van der Waals surface area contributed by atoms with Crippen molar-refractivity contribution in [2.45, 2.75) is 58.7 Å². The highest BCUT2D eigenvalue weighted by atomic mass is 16.2. The van der Waals surface area contributed by atoms with Crippen LogP contribution in [0.25, 0.3) is 0 Å². The first-order valence-electron chi connectivity index (χ1n) is 10.9. The molecule has 1 aliphatic rings. The van der Waals surface area contributed by atoms with Gasteiger partial charge in [-0.3, -0.25) is 14.4 Å². The summed E-state index contributed by atoms with van der Waals surface area (Å²) in [6.07, 6.45) is 0.906. The molecule has 4 N–H and O–H groups in total. The van der Waals surface area contributed by atoms with Gasteiger partial charge in [0.2, 0.25) is 5.91 Å². The largest absolute Gasteiger partial charge is 0.384 e. The van der Waals surface area contributed by atoms with Crippen molar-refractivity contribution in [2.24, 2.45) is 16.1 Å². The fourth-order valence-electron chi connectivity index (χ4n) is 3.68. The van der Waals surface area contributed by atoms with Gasteiger partial charge in [0.05, 0.1) is 11.4 Å². The van der Waals surface area contributed by atoms with Crippen LogP contribution in [0.1, 0.15) is 46.1 Å². The molecular formula is C24H35N5O3. The number of nitrogens with one attached hydrogen (secondary N) is 2. The van der Waals surface area contributed by atoms with Crippen LogP contribution in [0.5, 0.6) is 0 Å². The first kappa shape index (κ1) is 25.3. The van der Waals surface area contributed by atoms with Crippen LogP contribution in [0.3, 0.4) is 0 Å². The number of carbonyl (C=O) groups excluding carboxylic acids is 3. The number of hydrogen-bond donors (Lipinski definition) is 3. The number of carbonyl (C=O) groups is 3. The van der Waals surface area contributed by atoms with Crippen LogP contribution in [0, 0.1) is 5.41 Å². The average Bonchev–Trinajstić information content (AvgIpc) is 3.16. The molecule has 3 amide bonds. The van der Waals surface area contributed by atoms with Gasteiger partial charge in [-0.15, -0.1) is 0 Å². The number of rotatable bonds is 7. The lowest BCUT2D eigenvalue weighted by Crippen LogP contribution is -2.57. The molecule has 1 saturated heterocycles. The van der Waals surface area contributed by atoms with Crippen LogP contribution >= 0.6 is 0 Å². The predicted molar refractivity (Wildman–Crippen MR) is 126 cm³/mol. The van der Waals surface area contributed by atoms with Gasteiger partial charge >= 0.3 is 0 Å². The molecule has 8 heteroatoms. The Bertz CT molecular complexity index is 889. The number of amides is 3. The Morgan fingerprint density at radius 2 is 1.88 bits per heavy atom. The molecule has 2 rings (SSSR count). The third-order valence-electron chi connectivity index (χ3n) is 5.55. The van der Waals surface area contributed by atoms with Gasteiger partial charge in [-0.2, -0.15) is 0 Å². The standard InChI is InChI=1S/C24H35N5O3/c1-7-18(16-11-9-8-10-12-16)27-22(31)19-13-17(25)14-29(19)23(32)20(24(3,4)5)28-21(30)15(2)26-6/h8-12,17,19-20,26H,2,7,13-14,25H2,1,3-6H3,(H,28,30)/t17-,19-,20?/m0/s1. The molecule has 0 bridgehead atoms. The van der Waals surface area contributed by atoms with Gasteiger partial charge in [0.25, 0.3) is 11.8 Å². The van der Waals surface area contributed by atoms with Gasteiger partial charge in [0, 0.05) is 19.6 Å². The van der Waals surface area contributed by atoms with Gasteiger partial charge in [-0.05, 0) is 23.8 Å². The summed E-state index contributed by atoms with van der Waals surface area (Å²) in [4.78, 5) is 44.9. The van der Waals surface area contributed by atoms with Crippen molar-refractivity contribution in [1.29, 1.82) is 0 Å². The monoisotopic (exact) mass is 441 g/mol. The van der Waals surface area contributed by atoms with Gasteiger partial charge in [-0.25, -0.2) is 4.99 Å². The highest BCUT2D eigenvalue weighted by Gasteiger charge is 2.44. The van der Waals surface area contributed by atoms with E-state index in [2.05, 4.69) is 22.2 Å². The van der Waals surface area contributed by atoms with Crippen LogP contribution in [0.15, 0.2) is 47.6 Å². The molecule has 0 spiro atoms. The summed E-state index contributed by atoms with van der Waals surface area (Å²) in [7, 11) is 1.58. The predicted octanol–water partition coefficient (Wildman–Crippen LogP) is 1.60. The van der Waals surface area contributed by atoms with Crippen LogP contribution in [0.4, 0.5) is 0 Å². The van der Waals surface area contributed by atoms with Crippen LogP contribution in [-0.2, 0) is 14.4 Å². The maximum atomic E-state index is 13.5. The smallest absolute Gasteiger partial charge is 0.268 e. The van der Waals surface area contributed by atoms with E-state index in [0.717, 1.165) is 5.56 Å². The molecule has 1 aliphatic heterocycles. The summed E-state index contributed by atoms with van der Waals surface area (Å²) < 4.78 is 0. The normalized spacial score (nSPS) is 19.9. The summed E-state index contributed by atoms with van der Waals surface area (Å²) in [5.41, 5.74) is 7.23. The first-order chi connectivity index (χ1) is 15.0. The van der Waals surface area contributed by atoms with E-state index in [-0.39, 0.29) is 24.2 Å². The maximum Gasteiger partial charge on any atom is 0.268 e. The zero-order valence-corrected chi connectivity index (χ0v) is 19.6. The molecule has 1 aromatic rings. The summed E-state index contributed by atoms with van der Waals surface area (Å²) in [6, 6.07) is 7.52. The SMILES string of the molecule is C=C(NC)C(=O)NC(C(=O)N1C[C@@H](N)C[C@H]1C(=O)N=C(CC)c1ccccc1)C(C)(C)C. The highest BCUT2D eigenvalue weighted by Crippen LogP contribution is 2.26. The molecular weight excluding hydrogens is 406 g/mol. The molecule has 0 aliphatic carbocycles. The van der Waals surface area contributed by atoms with Crippen molar-refractivity contribution < 1.29 is 14.4 Å². The van der Waals surface area contributed by atoms with Gasteiger partial charge in [0.15, 0.2) is 0 Å². The summed E-state index contributed by atoms with van der Waals surface area (Å²) >= 11 is 0. The highest BCUT2D eigenvalue weighted by molar-refractivity contribution is 6.08. The van der Waals surface area contributed by atoms with Crippen molar-refractivity contribution in [3.05, 3.63) is 48.2 Å². The Kier molecular flexibility index (Phi) is 8.32. The van der Waals surface area contributed by atoms with E-state index in [1.54, 1.807) is 7.05 Å². The summed E-state index contributed by atoms with van der Waals surface area (Å²) in [5, 5.41) is 5.44. The second-order valence-corrected chi connectivity index (χ2v) is 9.12. The Morgan fingerprint density at radius 3 is 2.41 bits per heavy atom. The zero-order chi connectivity index (χ0) is 24.1. The second kappa shape index (κ2) is 10.5. The lowest BCUT2D eigenvalue weighted by molar-refractivity contribution is -0.142. The van der Waals surface area contributed by atoms with Gasteiger partial charge in [-0.1, -0.05) is 64.6 Å². The first-order valence-corrected chi connectivity index (χ1v) is 10.9.